The van der Waals surface area contributed by atoms with Crippen LogP contribution < -0.4 is 0 Å². The summed E-state index contributed by atoms with van der Waals surface area (Å²) in [6.45, 7) is 2.14. The van der Waals surface area contributed by atoms with Crippen LogP contribution in [0.5, 0.6) is 0 Å². The normalized spacial score (nSPS) is 13.0. The molecule has 0 rings (SSSR count). The molecule has 0 saturated heterocycles. The highest BCUT2D eigenvalue weighted by Gasteiger charge is 1.98. The van der Waals surface area contributed by atoms with Crippen molar-refractivity contribution in [2.75, 3.05) is 0 Å². The maximum Gasteiger partial charge on any atom is 0.148 e. The second kappa shape index (κ2) is 6.75. The molecule has 0 heterocycles. The lowest BCUT2D eigenvalue weighted by Gasteiger charge is -2.00. The number of aliphatic hydroxyl groups excluding tert-OH is 1. The van der Waals surface area contributed by atoms with E-state index in [0.29, 0.717) is 12.7 Å². The fraction of sp³-hybridized carbons (Fsp3) is 0.875. The highest BCUT2D eigenvalue weighted by atomic mass is 16.3. The molecule has 0 aliphatic heterocycles. The van der Waals surface area contributed by atoms with Gasteiger partial charge in [0, 0.05) is 0 Å². The van der Waals surface area contributed by atoms with Crippen LogP contribution in [-0.4, -0.2) is 17.5 Å². The Morgan fingerprint density at radius 2 is 2.10 bits per heavy atom. The molecule has 2 heteroatoms. The fourth-order valence-electron chi connectivity index (χ4n) is 0.848. The van der Waals surface area contributed by atoms with Crippen LogP contribution in [-0.2, 0) is 4.79 Å². The Labute approximate surface area is 62.2 Å². The molecule has 1 unspecified atom stereocenters. The SMILES string of the molecule is CCCCCCC(O)C=O. The lowest BCUT2D eigenvalue weighted by Crippen LogP contribution is -2.06. The summed E-state index contributed by atoms with van der Waals surface area (Å²) >= 11 is 0. The minimum absolute atomic E-state index is 0.603. The van der Waals surface area contributed by atoms with Crippen LogP contribution >= 0.6 is 0 Å². The fourth-order valence-corrected chi connectivity index (χ4v) is 0.848. The molecule has 0 aromatic rings. The second-order valence-electron chi connectivity index (χ2n) is 2.55. The van der Waals surface area contributed by atoms with Crippen molar-refractivity contribution in [3.8, 4) is 0 Å². The molecule has 0 aromatic heterocycles. The summed E-state index contributed by atoms with van der Waals surface area (Å²) in [6, 6.07) is 0. The van der Waals surface area contributed by atoms with Crippen molar-refractivity contribution in [3.05, 3.63) is 0 Å². The molecule has 0 radical (unpaired) electrons. The summed E-state index contributed by atoms with van der Waals surface area (Å²) in [4.78, 5) is 9.92. The van der Waals surface area contributed by atoms with E-state index >= 15 is 0 Å². The maximum absolute atomic E-state index is 9.92. The zero-order valence-corrected chi connectivity index (χ0v) is 6.55. The first-order valence-corrected chi connectivity index (χ1v) is 3.94. The molecular weight excluding hydrogens is 128 g/mol. The van der Waals surface area contributed by atoms with Crippen LogP contribution in [0.15, 0.2) is 0 Å². The van der Waals surface area contributed by atoms with E-state index in [9.17, 15) is 4.79 Å². The average molecular weight is 144 g/mol. The third-order valence-electron chi connectivity index (χ3n) is 1.51. The van der Waals surface area contributed by atoms with Gasteiger partial charge in [-0.05, 0) is 6.42 Å². The van der Waals surface area contributed by atoms with Crippen LogP contribution in [0.25, 0.3) is 0 Å². The van der Waals surface area contributed by atoms with E-state index in [1.807, 2.05) is 0 Å². The van der Waals surface area contributed by atoms with Crippen LogP contribution in [0, 0.1) is 0 Å². The van der Waals surface area contributed by atoms with E-state index in [1.54, 1.807) is 0 Å². The Balaban J connectivity index is 2.95. The molecule has 0 bridgehead atoms. The molecular formula is C8H16O2. The molecule has 0 aliphatic carbocycles. The van der Waals surface area contributed by atoms with E-state index in [0.717, 1.165) is 12.8 Å². The van der Waals surface area contributed by atoms with Gasteiger partial charge < -0.3 is 9.90 Å². The molecule has 10 heavy (non-hydrogen) atoms. The third-order valence-corrected chi connectivity index (χ3v) is 1.51. The number of aliphatic hydroxyl groups is 1. The first kappa shape index (κ1) is 9.63. The van der Waals surface area contributed by atoms with Crippen molar-refractivity contribution in [2.24, 2.45) is 0 Å². The Morgan fingerprint density at radius 1 is 1.40 bits per heavy atom. The molecule has 0 amide bonds. The number of carbonyl (C=O) groups is 1. The molecule has 0 aliphatic rings. The zero-order chi connectivity index (χ0) is 7.82. The van der Waals surface area contributed by atoms with Gasteiger partial charge in [0.2, 0.25) is 0 Å². The van der Waals surface area contributed by atoms with Crippen molar-refractivity contribution in [1.29, 1.82) is 0 Å². The highest BCUT2D eigenvalue weighted by molar-refractivity contribution is 5.55. The van der Waals surface area contributed by atoms with Gasteiger partial charge in [-0.2, -0.15) is 0 Å². The number of unbranched alkanes of at least 4 members (excludes halogenated alkanes) is 3. The average Bonchev–Trinajstić information content (AvgIpc) is 1.98. The van der Waals surface area contributed by atoms with Crippen LogP contribution in [0.2, 0.25) is 0 Å². The van der Waals surface area contributed by atoms with Crippen molar-refractivity contribution in [3.63, 3.8) is 0 Å². The van der Waals surface area contributed by atoms with E-state index in [4.69, 9.17) is 5.11 Å². The van der Waals surface area contributed by atoms with Gasteiger partial charge in [0.1, 0.15) is 12.4 Å². The second-order valence-corrected chi connectivity index (χ2v) is 2.55. The first-order chi connectivity index (χ1) is 4.81. The van der Waals surface area contributed by atoms with Crippen LogP contribution in [0.1, 0.15) is 39.0 Å². The summed E-state index contributed by atoms with van der Waals surface area (Å²) in [5.74, 6) is 0. The lowest BCUT2D eigenvalue weighted by molar-refractivity contribution is -0.115. The summed E-state index contributed by atoms with van der Waals surface area (Å²) in [5.41, 5.74) is 0. The van der Waals surface area contributed by atoms with Crippen LogP contribution in [0.3, 0.4) is 0 Å². The lowest BCUT2D eigenvalue weighted by atomic mass is 10.1. The van der Waals surface area contributed by atoms with E-state index in [-0.39, 0.29) is 0 Å². The van der Waals surface area contributed by atoms with Gasteiger partial charge in [0.25, 0.3) is 0 Å². The third kappa shape index (κ3) is 5.76. The number of hydrogen-bond acceptors (Lipinski definition) is 2. The van der Waals surface area contributed by atoms with E-state index in [2.05, 4.69) is 6.92 Å². The van der Waals surface area contributed by atoms with Crippen molar-refractivity contribution in [2.45, 2.75) is 45.1 Å². The summed E-state index contributed by atoms with van der Waals surface area (Å²) in [6.07, 6.45) is 4.99. The largest absolute Gasteiger partial charge is 0.386 e. The molecule has 0 saturated carbocycles. The predicted octanol–water partition coefficient (Wildman–Crippen LogP) is 1.52. The van der Waals surface area contributed by atoms with Crippen LogP contribution in [0.4, 0.5) is 0 Å². The quantitative estimate of drug-likeness (QED) is 0.453. The van der Waals surface area contributed by atoms with Crippen molar-refractivity contribution < 1.29 is 9.90 Å². The molecule has 60 valence electrons. The number of aldehydes is 1. The van der Waals surface area contributed by atoms with Crippen molar-refractivity contribution in [1.82, 2.24) is 0 Å². The van der Waals surface area contributed by atoms with Gasteiger partial charge in [0.05, 0.1) is 0 Å². The Morgan fingerprint density at radius 3 is 2.60 bits per heavy atom. The van der Waals surface area contributed by atoms with E-state index < -0.39 is 6.10 Å². The standard InChI is InChI=1S/C8H16O2/c1-2-3-4-5-6-8(10)7-9/h7-8,10H,2-6H2,1H3. The van der Waals surface area contributed by atoms with Gasteiger partial charge in [-0.1, -0.05) is 32.6 Å². The first-order valence-electron chi connectivity index (χ1n) is 3.94. The number of carbonyl (C=O) groups excluding carboxylic acids is 1. The number of hydrogen-bond donors (Lipinski definition) is 1. The van der Waals surface area contributed by atoms with Gasteiger partial charge in [0.15, 0.2) is 0 Å². The van der Waals surface area contributed by atoms with Gasteiger partial charge in [-0.3, -0.25) is 0 Å². The predicted molar refractivity (Wildman–Crippen MR) is 40.8 cm³/mol. The Bertz CT molecular complexity index is 81.3. The molecule has 1 N–H and O–H groups in total. The smallest absolute Gasteiger partial charge is 0.148 e. The topological polar surface area (TPSA) is 37.3 Å². The molecule has 2 nitrogen and oxygen atoms in total. The molecule has 0 spiro atoms. The monoisotopic (exact) mass is 144 g/mol. The minimum Gasteiger partial charge on any atom is -0.386 e. The van der Waals surface area contributed by atoms with Gasteiger partial charge in [-0.25, -0.2) is 0 Å². The number of rotatable bonds is 6. The Kier molecular flexibility index (Phi) is 6.50. The van der Waals surface area contributed by atoms with Gasteiger partial charge in [-0.15, -0.1) is 0 Å². The highest BCUT2D eigenvalue weighted by Crippen LogP contribution is 2.03. The van der Waals surface area contributed by atoms with Gasteiger partial charge >= 0.3 is 0 Å². The Hall–Kier alpha value is -0.370. The molecule has 1 atom stereocenters. The summed E-state index contributed by atoms with van der Waals surface area (Å²) in [5, 5.41) is 8.79. The summed E-state index contributed by atoms with van der Waals surface area (Å²) < 4.78 is 0. The van der Waals surface area contributed by atoms with Crippen molar-refractivity contribution >= 4 is 6.29 Å². The zero-order valence-electron chi connectivity index (χ0n) is 6.55. The van der Waals surface area contributed by atoms with E-state index in [1.165, 1.54) is 12.8 Å². The molecule has 0 aromatic carbocycles. The maximum atomic E-state index is 9.92. The summed E-state index contributed by atoms with van der Waals surface area (Å²) in [7, 11) is 0. The molecule has 0 fully saturated rings. The minimum atomic E-state index is -0.725.